The van der Waals surface area contributed by atoms with Crippen molar-refractivity contribution in [1.29, 1.82) is 0 Å². The van der Waals surface area contributed by atoms with Crippen molar-refractivity contribution < 1.29 is 19.1 Å². The number of aromatic nitrogens is 1. The Balaban J connectivity index is 1.69. The van der Waals surface area contributed by atoms with Crippen molar-refractivity contribution in [3.8, 4) is 0 Å². The van der Waals surface area contributed by atoms with E-state index in [-0.39, 0.29) is 18.7 Å². The summed E-state index contributed by atoms with van der Waals surface area (Å²) in [6.07, 6.45) is 2.74. The number of carbonyl (C=O) groups excluding carboxylic acids is 1. The van der Waals surface area contributed by atoms with Crippen LogP contribution < -0.4 is 5.32 Å². The SMILES string of the molecule is CC1CCc2nc(NC(=O)CC(CC(=O)O)c3cccc(F)c3)sc2C1. The average Bonchev–Trinajstić information content (AvgIpc) is 2.94. The molecule has 1 aromatic carbocycles. The molecule has 2 unspecified atom stereocenters. The lowest BCUT2D eigenvalue weighted by Gasteiger charge is -2.15. The largest absolute Gasteiger partial charge is 0.481 e. The van der Waals surface area contributed by atoms with Gasteiger partial charge in [0, 0.05) is 17.2 Å². The summed E-state index contributed by atoms with van der Waals surface area (Å²) in [5.74, 6) is -1.73. The highest BCUT2D eigenvalue weighted by Crippen LogP contribution is 2.32. The molecule has 3 rings (SSSR count). The van der Waals surface area contributed by atoms with E-state index in [1.165, 1.54) is 34.4 Å². The van der Waals surface area contributed by atoms with Gasteiger partial charge in [-0.1, -0.05) is 19.1 Å². The number of carboxylic acids is 1. The Hall–Kier alpha value is -2.28. The number of aliphatic carboxylic acids is 1. The fourth-order valence-electron chi connectivity index (χ4n) is 3.27. The number of hydrogen-bond acceptors (Lipinski definition) is 4. The number of carbonyl (C=O) groups is 2. The standard InChI is InChI=1S/C19H21FN2O3S/c1-11-5-6-15-16(7-11)26-19(21-15)22-17(23)9-13(10-18(24)25)12-3-2-4-14(20)8-12/h2-4,8,11,13H,5-7,9-10H2,1H3,(H,24,25)(H,21,22,23). The van der Waals surface area contributed by atoms with Gasteiger partial charge in [0.15, 0.2) is 5.13 Å². The number of hydrogen-bond donors (Lipinski definition) is 2. The van der Waals surface area contributed by atoms with Crippen LogP contribution in [0.25, 0.3) is 0 Å². The first-order chi connectivity index (χ1) is 12.4. The van der Waals surface area contributed by atoms with E-state index >= 15 is 0 Å². The third-order valence-electron chi connectivity index (χ3n) is 4.61. The molecule has 1 heterocycles. The number of aryl methyl sites for hydroxylation is 1. The van der Waals surface area contributed by atoms with E-state index < -0.39 is 17.7 Å². The third kappa shape index (κ3) is 4.66. The molecule has 7 heteroatoms. The number of rotatable bonds is 6. The van der Waals surface area contributed by atoms with Gasteiger partial charge in [-0.25, -0.2) is 9.37 Å². The molecule has 0 spiro atoms. The first-order valence-electron chi connectivity index (χ1n) is 8.66. The Morgan fingerprint density at radius 2 is 2.23 bits per heavy atom. The summed E-state index contributed by atoms with van der Waals surface area (Å²) in [5.41, 5.74) is 1.56. The monoisotopic (exact) mass is 376 g/mol. The maximum atomic E-state index is 13.5. The second-order valence-electron chi connectivity index (χ2n) is 6.84. The fraction of sp³-hybridized carbons (Fsp3) is 0.421. The molecule has 0 aliphatic heterocycles. The van der Waals surface area contributed by atoms with Gasteiger partial charge in [-0.15, -0.1) is 11.3 Å². The van der Waals surface area contributed by atoms with E-state index in [1.54, 1.807) is 6.07 Å². The maximum Gasteiger partial charge on any atom is 0.303 e. The minimum atomic E-state index is -1.02. The van der Waals surface area contributed by atoms with E-state index in [0.717, 1.165) is 25.0 Å². The topological polar surface area (TPSA) is 79.3 Å². The van der Waals surface area contributed by atoms with Crippen molar-refractivity contribution in [1.82, 2.24) is 4.98 Å². The summed E-state index contributed by atoms with van der Waals surface area (Å²) in [6, 6.07) is 5.74. The first-order valence-corrected chi connectivity index (χ1v) is 9.48. The number of carboxylic acid groups (broad SMARTS) is 1. The number of halogens is 1. The number of thiazole rings is 1. The zero-order chi connectivity index (χ0) is 18.7. The Kier molecular flexibility index (Phi) is 5.66. The smallest absolute Gasteiger partial charge is 0.303 e. The summed E-state index contributed by atoms with van der Waals surface area (Å²) < 4.78 is 13.5. The van der Waals surface area contributed by atoms with Gasteiger partial charge in [0.1, 0.15) is 5.82 Å². The lowest BCUT2D eigenvalue weighted by atomic mass is 9.92. The zero-order valence-corrected chi connectivity index (χ0v) is 15.3. The lowest BCUT2D eigenvalue weighted by Crippen LogP contribution is -2.18. The second-order valence-corrected chi connectivity index (χ2v) is 7.92. The van der Waals surface area contributed by atoms with E-state index in [0.29, 0.717) is 16.6 Å². The van der Waals surface area contributed by atoms with Crippen molar-refractivity contribution in [3.05, 3.63) is 46.2 Å². The van der Waals surface area contributed by atoms with Crippen LogP contribution in [0.15, 0.2) is 24.3 Å². The first kappa shape index (κ1) is 18.5. The van der Waals surface area contributed by atoms with Gasteiger partial charge in [0.25, 0.3) is 0 Å². The van der Waals surface area contributed by atoms with Crippen LogP contribution in [0, 0.1) is 11.7 Å². The zero-order valence-electron chi connectivity index (χ0n) is 14.5. The summed E-state index contributed by atoms with van der Waals surface area (Å²) in [4.78, 5) is 29.2. The Morgan fingerprint density at radius 3 is 2.96 bits per heavy atom. The maximum absolute atomic E-state index is 13.5. The van der Waals surface area contributed by atoms with E-state index in [1.807, 2.05) is 0 Å². The van der Waals surface area contributed by atoms with Crippen LogP contribution in [-0.2, 0) is 22.4 Å². The lowest BCUT2D eigenvalue weighted by molar-refractivity contribution is -0.137. The van der Waals surface area contributed by atoms with Crippen LogP contribution in [-0.4, -0.2) is 22.0 Å². The summed E-state index contributed by atoms with van der Waals surface area (Å²) in [7, 11) is 0. The van der Waals surface area contributed by atoms with Crippen LogP contribution in [0.1, 0.15) is 48.2 Å². The minimum absolute atomic E-state index is 0.0313. The average molecular weight is 376 g/mol. The van der Waals surface area contributed by atoms with Crippen LogP contribution in [0.3, 0.4) is 0 Å². The van der Waals surface area contributed by atoms with Gasteiger partial charge in [-0.05, 0) is 42.9 Å². The molecule has 0 saturated heterocycles. The van der Waals surface area contributed by atoms with E-state index in [4.69, 9.17) is 5.11 Å². The molecule has 1 aromatic heterocycles. The minimum Gasteiger partial charge on any atom is -0.481 e. The molecule has 1 aliphatic rings. The van der Waals surface area contributed by atoms with Crippen molar-refractivity contribution >= 4 is 28.3 Å². The van der Waals surface area contributed by atoms with Gasteiger partial charge in [-0.2, -0.15) is 0 Å². The van der Waals surface area contributed by atoms with Gasteiger partial charge in [0.2, 0.25) is 5.91 Å². The molecule has 2 atom stereocenters. The van der Waals surface area contributed by atoms with Crippen molar-refractivity contribution in [2.24, 2.45) is 5.92 Å². The highest BCUT2D eigenvalue weighted by molar-refractivity contribution is 7.15. The normalized spacial score (nSPS) is 17.4. The molecular weight excluding hydrogens is 355 g/mol. The summed E-state index contributed by atoms with van der Waals surface area (Å²) in [6.45, 7) is 2.20. The third-order valence-corrected chi connectivity index (χ3v) is 5.64. The fourth-order valence-corrected chi connectivity index (χ4v) is 4.45. The Morgan fingerprint density at radius 1 is 1.42 bits per heavy atom. The molecule has 26 heavy (non-hydrogen) atoms. The molecule has 0 fully saturated rings. The molecule has 1 aliphatic carbocycles. The summed E-state index contributed by atoms with van der Waals surface area (Å²) >= 11 is 1.49. The number of nitrogens with one attached hydrogen (secondary N) is 1. The predicted octanol–water partition coefficient (Wildman–Crippen LogP) is 3.99. The van der Waals surface area contributed by atoms with Crippen LogP contribution in [0.4, 0.5) is 9.52 Å². The Labute approximate surface area is 155 Å². The van der Waals surface area contributed by atoms with Gasteiger partial charge in [0.05, 0.1) is 12.1 Å². The predicted molar refractivity (Wildman–Crippen MR) is 97.9 cm³/mol. The summed E-state index contributed by atoms with van der Waals surface area (Å²) in [5, 5.41) is 12.5. The number of amides is 1. The molecule has 0 saturated carbocycles. The molecule has 0 bridgehead atoms. The van der Waals surface area contributed by atoms with Crippen LogP contribution in [0.5, 0.6) is 0 Å². The number of fused-ring (bicyclic) bond motifs is 1. The van der Waals surface area contributed by atoms with Gasteiger partial charge in [-0.3, -0.25) is 9.59 Å². The van der Waals surface area contributed by atoms with Gasteiger partial charge >= 0.3 is 5.97 Å². The molecule has 1 amide bonds. The van der Waals surface area contributed by atoms with Crippen molar-refractivity contribution in [2.45, 2.75) is 44.9 Å². The molecule has 2 aromatic rings. The quantitative estimate of drug-likeness (QED) is 0.799. The van der Waals surface area contributed by atoms with Crippen molar-refractivity contribution in [2.75, 3.05) is 5.32 Å². The van der Waals surface area contributed by atoms with E-state index in [2.05, 4.69) is 17.2 Å². The van der Waals surface area contributed by atoms with Crippen molar-refractivity contribution in [3.63, 3.8) is 0 Å². The molecule has 0 radical (unpaired) electrons. The number of benzene rings is 1. The molecule has 5 nitrogen and oxygen atoms in total. The van der Waals surface area contributed by atoms with E-state index in [9.17, 15) is 14.0 Å². The number of nitrogens with zero attached hydrogens (tertiary/aromatic N) is 1. The van der Waals surface area contributed by atoms with Gasteiger partial charge < -0.3 is 10.4 Å². The van der Waals surface area contributed by atoms with Crippen LogP contribution in [0.2, 0.25) is 0 Å². The highest BCUT2D eigenvalue weighted by atomic mass is 32.1. The second kappa shape index (κ2) is 7.95. The highest BCUT2D eigenvalue weighted by Gasteiger charge is 2.23. The van der Waals surface area contributed by atoms with Crippen LogP contribution >= 0.6 is 11.3 Å². The molecule has 138 valence electrons. The molecular formula is C19H21FN2O3S. The Bertz CT molecular complexity index is 821. The number of anilines is 1. The molecule has 2 N–H and O–H groups in total.